The van der Waals surface area contributed by atoms with Gasteiger partial charge < -0.3 is 9.47 Å². The Kier molecular flexibility index (Phi) is 4.69. The van der Waals surface area contributed by atoms with Gasteiger partial charge in [0.1, 0.15) is 17.1 Å². The molecular formula is C21H19ClO3. The van der Waals surface area contributed by atoms with Crippen molar-refractivity contribution in [2.45, 2.75) is 19.4 Å². The monoisotopic (exact) mass is 354 g/mol. The number of hydrogen-bond donors (Lipinski definition) is 0. The van der Waals surface area contributed by atoms with E-state index in [1.54, 1.807) is 43.5 Å². The maximum Gasteiger partial charge on any atom is 0.189 e. The van der Waals surface area contributed by atoms with Crippen LogP contribution in [-0.2, 0) is 0 Å². The van der Waals surface area contributed by atoms with Crippen LogP contribution in [0.1, 0.15) is 35.3 Å². The van der Waals surface area contributed by atoms with Crippen LogP contribution in [0.4, 0.5) is 0 Å². The number of carbonyl (C=O) groups is 1. The Labute approximate surface area is 152 Å². The molecule has 1 aliphatic rings. The molecule has 128 valence electrons. The van der Waals surface area contributed by atoms with Crippen LogP contribution >= 0.6 is 11.6 Å². The highest BCUT2D eigenvalue weighted by atomic mass is 35.5. The molecule has 0 atom stereocenters. The summed E-state index contributed by atoms with van der Waals surface area (Å²) in [5.41, 5.74) is 1.72. The molecule has 0 N–H and O–H groups in total. The zero-order valence-electron chi connectivity index (χ0n) is 14.4. The van der Waals surface area contributed by atoms with Crippen LogP contribution < -0.4 is 9.47 Å². The standard InChI is InChI=1S/C21H19ClO3/c1-21(2)13-12-17-19(24-3)11-9-16(20(17)25-21)18(23)10-6-14-4-7-15(22)8-5-14/h4-13H,1-3H3/b10-6+. The van der Waals surface area contributed by atoms with Crippen molar-refractivity contribution >= 4 is 29.5 Å². The topological polar surface area (TPSA) is 35.5 Å². The predicted octanol–water partition coefficient (Wildman–Crippen LogP) is 5.43. The van der Waals surface area contributed by atoms with E-state index in [0.717, 1.165) is 11.1 Å². The van der Waals surface area contributed by atoms with E-state index >= 15 is 0 Å². The second-order valence-electron chi connectivity index (χ2n) is 6.35. The van der Waals surface area contributed by atoms with Crippen LogP contribution in [0.15, 0.2) is 48.6 Å². The average molecular weight is 355 g/mol. The first kappa shape index (κ1) is 17.3. The van der Waals surface area contributed by atoms with Crippen molar-refractivity contribution in [2.24, 2.45) is 0 Å². The van der Waals surface area contributed by atoms with E-state index in [2.05, 4.69) is 0 Å². The number of methoxy groups -OCH3 is 1. The Morgan fingerprint density at radius 3 is 2.56 bits per heavy atom. The van der Waals surface area contributed by atoms with Crippen LogP contribution in [-0.4, -0.2) is 18.5 Å². The molecule has 3 nitrogen and oxygen atoms in total. The molecule has 2 aromatic rings. The number of ketones is 1. The fourth-order valence-corrected chi connectivity index (χ4v) is 2.76. The molecule has 0 aromatic heterocycles. The summed E-state index contributed by atoms with van der Waals surface area (Å²) in [6, 6.07) is 10.8. The fraction of sp³-hybridized carbons (Fsp3) is 0.190. The summed E-state index contributed by atoms with van der Waals surface area (Å²) in [6.45, 7) is 3.90. The van der Waals surface area contributed by atoms with E-state index in [1.165, 1.54) is 0 Å². The number of ether oxygens (including phenoxy) is 2. The van der Waals surface area contributed by atoms with E-state index in [4.69, 9.17) is 21.1 Å². The summed E-state index contributed by atoms with van der Waals surface area (Å²) < 4.78 is 11.4. The molecule has 4 heteroatoms. The van der Waals surface area contributed by atoms with Crippen molar-refractivity contribution in [3.63, 3.8) is 0 Å². The lowest BCUT2D eigenvalue weighted by atomic mass is 9.97. The molecule has 0 amide bonds. The summed E-state index contributed by atoms with van der Waals surface area (Å²) >= 11 is 5.88. The smallest absolute Gasteiger partial charge is 0.189 e. The van der Waals surface area contributed by atoms with Crippen LogP contribution in [0.3, 0.4) is 0 Å². The minimum Gasteiger partial charge on any atom is -0.496 e. The molecule has 0 spiro atoms. The number of hydrogen-bond acceptors (Lipinski definition) is 3. The fourth-order valence-electron chi connectivity index (χ4n) is 2.64. The summed E-state index contributed by atoms with van der Waals surface area (Å²) in [4.78, 5) is 12.7. The summed E-state index contributed by atoms with van der Waals surface area (Å²) in [6.07, 6.45) is 7.20. The lowest BCUT2D eigenvalue weighted by Gasteiger charge is -2.29. The molecule has 0 aliphatic carbocycles. The molecule has 1 aliphatic heterocycles. The first-order valence-corrected chi connectivity index (χ1v) is 8.35. The summed E-state index contributed by atoms with van der Waals surface area (Å²) in [5, 5.41) is 0.662. The van der Waals surface area contributed by atoms with Crippen LogP contribution in [0, 0.1) is 0 Å². The molecule has 3 rings (SSSR count). The summed E-state index contributed by atoms with van der Waals surface area (Å²) in [7, 11) is 1.60. The SMILES string of the molecule is COc1ccc(C(=O)/C=C/c2ccc(Cl)cc2)c2c1C=CC(C)(C)O2. The number of halogens is 1. The quantitative estimate of drug-likeness (QED) is 0.542. The third-order valence-electron chi connectivity index (χ3n) is 3.96. The van der Waals surface area contributed by atoms with Gasteiger partial charge in [0.25, 0.3) is 0 Å². The molecule has 2 aromatic carbocycles. The normalized spacial score (nSPS) is 14.9. The van der Waals surface area contributed by atoms with Crippen molar-refractivity contribution in [1.29, 1.82) is 0 Å². The zero-order valence-corrected chi connectivity index (χ0v) is 15.1. The van der Waals surface area contributed by atoms with Crippen LogP contribution in [0.2, 0.25) is 5.02 Å². The minimum absolute atomic E-state index is 0.125. The van der Waals surface area contributed by atoms with Crippen molar-refractivity contribution < 1.29 is 14.3 Å². The largest absolute Gasteiger partial charge is 0.496 e. The molecule has 0 radical (unpaired) electrons. The van der Waals surface area contributed by atoms with Gasteiger partial charge in [-0.15, -0.1) is 0 Å². The van der Waals surface area contributed by atoms with Gasteiger partial charge in [0.15, 0.2) is 5.78 Å². The molecule has 0 bridgehead atoms. The highest BCUT2D eigenvalue weighted by Crippen LogP contribution is 2.39. The second kappa shape index (κ2) is 6.77. The molecule has 0 unspecified atom stereocenters. The van der Waals surface area contributed by atoms with E-state index in [9.17, 15) is 4.79 Å². The van der Waals surface area contributed by atoms with Crippen LogP contribution in [0.5, 0.6) is 11.5 Å². The van der Waals surface area contributed by atoms with Gasteiger partial charge in [-0.3, -0.25) is 4.79 Å². The number of allylic oxidation sites excluding steroid dienone is 1. The zero-order chi connectivity index (χ0) is 18.0. The lowest BCUT2D eigenvalue weighted by Crippen LogP contribution is -2.28. The Hall–Kier alpha value is -2.52. The van der Waals surface area contributed by atoms with Crippen molar-refractivity contribution in [3.05, 3.63) is 70.3 Å². The van der Waals surface area contributed by atoms with Gasteiger partial charge in [-0.1, -0.05) is 29.8 Å². The molecule has 25 heavy (non-hydrogen) atoms. The van der Waals surface area contributed by atoms with Crippen molar-refractivity contribution in [1.82, 2.24) is 0 Å². The second-order valence-corrected chi connectivity index (χ2v) is 6.78. The number of rotatable bonds is 4. The highest BCUT2D eigenvalue weighted by molar-refractivity contribution is 6.30. The first-order chi connectivity index (χ1) is 11.9. The molecule has 0 saturated heterocycles. The molecule has 1 heterocycles. The van der Waals surface area contributed by atoms with Gasteiger partial charge in [-0.2, -0.15) is 0 Å². The Balaban J connectivity index is 1.96. The Morgan fingerprint density at radius 2 is 1.88 bits per heavy atom. The molecular weight excluding hydrogens is 336 g/mol. The first-order valence-electron chi connectivity index (χ1n) is 7.97. The van der Waals surface area contributed by atoms with Gasteiger partial charge >= 0.3 is 0 Å². The maximum atomic E-state index is 12.7. The highest BCUT2D eigenvalue weighted by Gasteiger charge is 2.27. The molecule has 0 saturated carbocycles. The van der Waals surface area contributed by atoms with Gasteiger partial charge in [0.05, 0.1) is 18.2 Å². The average Bonchev–Trinajstić information content (AvgIpc) is 2.59. The van der Waals surface area contributed by atoms with Crippen LogP contribution in [0.25, 0.3) is 12.2 Å². The number of fused-ring (bicyclic) bond motifs is 1. The number of carbonyl (C=O) groups excluding carboxylic acids is 1. The van der Waals surface area contributed by atoms with E-state index in [-0.39, 0.29) is 5.78 Å². The number of benzene rings is 2. The third-order valence-corrected chi connectivity index (χ3v) is 4.21. The van der Waals surface area contributed by atoms with Gasteiger partial charge in [-0.25, -0.2) is 0 Å². The van der Waals surface area contributed by atoms with Crippen molar-refractivity contribution in [2.75, 3.05) is 7.11 Å². The maximum absolute atomic E-state index is 12.7. The van der Waals surface area contributed by atoms with E-state index in [1.807, 2.05) is 38.1 Å². The van der Waals surface area contributed by atoms with Gasteiger partial charge in [0, 0.05) is 5.02 Å². The van der Waals surface area contributed by atoms with E-state index in [0.29, 0.717) is 22.1 Å². The third kappa shape index (κ3) is 3.77. The van der Waals surface area contributed by atoms with E-state index < -0.39 is 5.60 Å². The Bertz CT molecular complexity index is 861. The van der Waals surface area contributed by atoms with Gasteiger partial charge in [0.2, 0.25) is 0 Å². The summed E-state index contributed by atoms with van der Waals surface area (Å²) in [5.74, 6) is 1.11. The van der Waals surface area contributed by atoms with Gasteiger partial charge in [-0.05, 0) is 61.9 Å². The predicted molar refractivity (Wildman–Crippen MR) is 102 cm³/mol. The lowest BCUT2D eigenvalue weighted by molar-refractivity contribution is 0.103. The van der Waals surface area contributed by atoms with Crippen molar-refractivity contribution in [3.8, 4) is 11.5 Å². The minimum atomic E-state index is -0.478. The molecule has 0 fully saturated rings. The Morgan fingerprint density at radius 1 is 1.16 bits per heavy atom.